The van der Waals surface area contributed by atoms with Gasteiger partial charge < -0.3 is 107 Å². The number of aliphatic hydroxyl groups excluding tert-OH is 20. The van der Waals surface area contributed by atoms with Gasteiger partial charge in [0.1, 0.15) is 0 Å². The van der Waals surface area contributed by atoms with E-state index in [-0.39, 0.29) is 0 Å². The molecule has 0 bridgehead atoms. The Morgan fingerprint density at radius 1 is 0.333 bits per heavy atom. The van der Waals surface area contributed by atoms with Crippen molar-refractivity contribution in [3.63, 3.8) is 0 Å². The minimum absolute atomic E-state index is 0.427. The maximum Gasteiger partial charge on any atom is 0.310 e. The van der Waals surface area contributed by atoms with Gasteiger partial charge in [-0.25, -0.2) is 0 Å². The summed E-state index contributed by atoms with van der Waals surface area (Å²) in [4.78, 5) is 14.5. The van der Waals surface area contributed by atoms with Crippen LogP contribution in [-0.2, 0) is 4.79 Å². The number of rotatable bonds is 36. The monoisotopic (exact) mass is 884 g/mol. The van der Waals surface area contributed by atoms with Gasteiger partial charge >= 0.3 is 5.97 Å². The molecule has 10 atom stereocenters. The summed E-state index contributed by atoms with van der Waals surface area (Å²) < 4.78 is 0. The first-order chi connectivity index (χ1) is 28.0. The van der Waals surface area contributed by atoms with E-state index in [1.54, 1.807) is 0 Å². The van der Waals surface area contributed by atoms with Gasteiger partial charge in [-0.2, -0.15) is 0 Å². The Labute approximate surface area is 349 Å². The van der Waals surface area contributed by atoms with E-state index >= 15 is 0 Å². The molecule has 0 spiro atoms. The largest absolute Gasteiger partial charge is 0.481 e. The van der Waals surface area contributed by atoms with E-state index in [0.717, 1.165) is 0 Å². The maximum absolute atomic E-state index is 14.5. The van der Waals surface area contributed by atoms with Crippen LogP contribution in [0.1, 0.15) is 77.6 Å². The molecular weight excluding hydrogens is 808 g/mol. The Hall–Kier alpha value is -1.33. The highest BCUT2D eigenvalue weighted by Crippen LogP contribution is 2.77. The predicted octanol–water partition coefficient (Wildman–Crippen LogP) is -7.15. The maximum atomic E-state index is 14.5. The number of carbonyl (C=O) groups is 1. The summed E-state index contributed by atoms with van der Waals surface area (Å²) in [5.74, 6) is -2.06. The summed E-state index contributed by atoms with van der Waals surface area (Å²) in [7, 11) is 0. The van der Waals surface area contributed by atoms with Gasteiger partial charge in [0.05, 0.1) is 133 Å². The summed E-state index contributed by atoms with van der Waals surface area (Å²) in [6.45, 7) is -10.5. The quantitative estimate of drug-likeness (QED) is 0.0278. The van der Waals surface area contributed by atoms with Gasteiger partial charge in [0.25, 0.3) is 0 Å². The number of hydrogen-bond donors (Lipinski definition) is 21. The molecule has 0 amide bonds. The molecule has 10 unspecified atom stereocenters. The molecule has 0 radical (unpaired) electrons. The fraction of sp³-hybridized carbons (Fsp3) is 0.974. The zero-order valence-corrected chi connectivity index (χ0v) is 34.4. The van der Waals surface area contributed by atoms with Gasteiger partial charge in [-0.15, -0.1) is 0 Å². The van der Waals surface area contributed by atoms with Crippen molar-refractivity contribution in [1.82, 2.24) is 0 Å². The number of carboxylic acids is 1. The van der Waals surface area contributed by atoms with Gasteiger partial charge in [-0.05, 0) is 92.3 Å². The van der Waals surface area contributed by atoms with Crippen LogP contribution in [0.25, 0.3) is 0 Å². The second-order valence-corrected chi connectivity index (χ2v) is 16.7. The Kier molecular flexibility index (Phi) is 26.5. The van der Waals surface area contributed by atoms with Crippen LogP contribution in [0.5, 0.6) is 0 Å². The minimum Gasteiger partial charge on any atom is -0.481 e. The van der Waals surface area contributed by atoms with Crippen LogP contribution in [0.15, 0.2) is 0 Å². The fourth-order valence-electron chi connectivity index (χ4n) is 10.8. The Balaban J connectivity index is 10.8. The van der Waals surface area contributed by atoms with Crippen molar-refractivity contribution in [2.45, 2.75) is 139 Å². The summed E-state index contributed by atoms with van der Waals surface area (Å²) in [5.41, 5.74) is -13.8. The van der Waals surface area contributed by atoms with E-state index in [1.165, 1.54) is 6.92 Å². The van der Waals surface area contributed by atoms with Crippen LogP contribution in [0.3, 0.4) is 0 Å². The van der Waals surface area contributed by atoms with Gasteiger partial charge in [0.2, 0.25) is 0 Å². The molecule has 0 saturated carbocycles. The van der Waals surface area contributed by atoms with Crippen LogP contribution < -0.4 is 0 Å². The highest BCUT2D eigenvalue weighted by molar-refractivity contribution is 5.76. The zero-order valence-electron chi connectivity index (χ0n) is 34.4. The second kappa shape index (κ2) is 27.1. The first-order valence-electron chi connectivity index (χ1n) is 20.2. The van der Waals surface area contributed by atoms with Gasteiger partial charge in [-0.1, -0.05) is 6.92 Å². The molecular formula is C38H76O22. The van der Waals surface area contributed by atoms with Gasteiger partial charge in [0, 0.05) is 0 Å². The molecule has 360 valence electrons. The molecule has 0 aromatic rings. The van der Waals surface area contributed by atoms with Crippen LogP contribution in [0.4, 0.5) is 0 Å². The second-order valence-electron chi connectivity index (χ2n) is 16.7. The molecule has 0 aliphatic heterocycles. The molecule has 60 heavy (non-hydrogen) atoms. The van der Waals surface area contributed by atoms with Crippen molar-refractivity contribution >= 4 is 5.97 Å². The fourth-order valence-corrected chi connectivity index (χ4v) is 10.8. The topological polar surface area (TPSA) is 442 Å². The van der Waals surface area contributed by atoms with Crippen molar-refractivity contribution in [3.8, 4) is 0 Å². The Morgan fingerprint density at radius 3 is 0.750 bits per heavy atom. The SMILES string of the molecule is CCC(CC(O)CO)(CC(O)CO)C(CC(O)CO)(CC(O)CO)C(CC(O)CO)(CC(O)CO)C(CC(O)CO)(CC(O)CO)C(CC(O)CO)(CC(O)CO)C(=O)O. The highest BCUT2D eigenvalue weighted by Gasteiger charge is 2.76. The molecule has 0 saturated heterocycles. The van der Waals surface area contributed by atoms with Crippen molar-refractivity contribution in [3.05, 3.63) is 0 Å². The van der Waals surface area contributed by atoms with Gasteiger partial charge in [0.15, 0.2) is 0 Å². The molecule has 0 aromatic heterocycles. The average molecular weight is 885 g/mol. The lowest BCUT2D eigenvalue weighted by Gasteiger charge is -2.73. The lowest BCUT2D eigenvalue weighted by Crippen LogP contribution is -2.72. The van der Waals surface area contributed by atoms with Crippen LogP contribution in [0, 0.1) is 27.1 Å². The van der Waals surface area contributed by atoms with E-state index in [0.29, 0.717) is 0 Å². The van der Waals surface area contributed by atoms with E-state index in [9.17, 15) is 112 Å². The summed E-state index contributed by atoms with van der Waals surface area (Å²) in [5, 5.41) is 232. The number of aliphatic carboxylic acids is 1. The Bertz CT molecular complexity index is 1100. The number of aliphatic hydroxyl groups is 20. The highest BCUT2D eigenvalue weighted by atomic mass is 16.4. The molecule has 0 aromatic carbocycles. The molecule has 0 aliphatic carbocycles. The van der Waals surface area contributed by atoms with E-state index < -0.39 is 231 Å². The van der Waals surface area contributed by atoms with E-state index in [4.69, 9.17) is 0 Å². The van der Waals surface area contributed by atoms with Crippen LogP contribution >= 0.6 is 0 Å². The van der Waals surface area contributed by atoms with Crippen molar-refractivity contribution in [2.24, 2.45) is 27.1 Å². The van der Waals surface area contributed by atoms with Crippen LogP contribution in [-0.4, -0.2) is 240 Å². The summed E-state index contributed by atoms with van der Waals surface area (Å²) in [6.07, 6.45) is -31.9. The normalized spacial score (nSPS) is 22.6. The van der Waals surface area contributed by atoms with Crippen molar-refractivity contribution < 1.29 is 112 Å². The Morgan fingerprint density at radius 2 is 0.533 bits per heavy atom. The first kappa shape index (κ1) is 58.7. The molecule has 0 rings (SSSR count). The standard InChI is InChI=1S/C38H76O22/c1-2-34(3-23(49)13-39,4-24(50)14-40)36(7-27(53)17-43,8-28(54)18-44)38(11-31(57)21-47,12-32(58)22-48)37(9-29(55)19-45,10-30(56)20-46)35(33(59)60,5-25(51)15-41)6-26(52)16-42/h23-32,39-58H,2-22H2,1H3,(H,59,60). The van der Waals surface area contributed by atoms with Crippen molar-refractivity contribution in [1.29, 1.82) is 0 Å². The number of hydrogen-bond acceptors (Lipinski definition) is 21. The molecule has 22 heteroatoms. The zero-order chi connectivity index (χ0) is 46.7. The van der Waals surface area contributed by atoms with E-state index in [1.807, 2.05) is 0 Å². The smallest absolute Gasteiger partial charge is 0.310 e. The predicted molar refractivity (Wildman–Crippen MR) is 207 cm³/mol. The molecule has 21 N–H and O–H groups in total. The molecule has 0 fully saturated rings. The summed E-state index contributed by atoms with van der Waals surface area (Å²) >= 11 is 0. The third-order valence-corrected chi connectivity index (χ3v) is 12.9. The van der Waals surface area contributed by atoms with Crippen LogP contribution in [0.2, 0.25) is 0 Å². The third-order valence-electron chi connectivity index (χ3n) is 12.9. The molecule has 0 aliphatic rings. The molecule has 22 nitrogen and oxygen atoms in total. The third kappa shape index (κ3) is 13.6. The summed E-state index contributed by atoms with van der Waals surface area (Å²) in [6, 6.07) is 0. The first-order valence-corrected chi connectivity index (χ1v) is 20.2. The molecule has 0 heterocycles. The average Bonchev–Trinajstić information content (AvgIpc) is 3.23. The van der Waals surface area contributed by atoms with E-state index in [2.05, 4.69) is 0 Å². The number of carboxylic acid groups (broad SMARTS) is 1. The minimum atomic E-state index is -3.10. The van der Waals surface area contributed by atoms with Gasteiger partial charge in [-0.3, -0.25) is 4.79 Å². The lowest BCUT2D eigenvalue weighted by molar-refractivity contribution is -0.289. The lowest BCUT2D eigenvalue weighted by atomic mass is 9.31. The van der Waals surface area contributed by atoms with Crippen molar-refractivity contribution in [2.75, 3.05) is 66.1 Å².